The molecule has 0 aromatic heterocycles. The summed E-state index contributed by atoms with van der Waals surface area (Å²) in [6, 6.07) is 24.4. The Morgan fingerprint density at radius 3 is 1.43 bits per heavy atom. The molecule has 0 aliphatic rings. The van der Waals surface area contributed by atoms with E-state index in [0.717, 1.165) is 0 Å². The Balaban J connectivity index is 1.88. The van der Waals surface area contributed by atoms with Gasteiger partial charge in [0.15, 0.2) is 0 Å². The van der Waals surface area contributed by atoms with E-state index in [4.69, 9.17) is 0 Å². The minimum absolute atomic E-state index is 0.580. The lowest BCUT2D eigenvalue weighted by Crippen LogP contribution is -1.87. The number of hydrogen-bond acceptors (Lipinski definition) is 0. The Morgan fingerprint density at radius 1 is 0.522 bits per heavy atom. The maximum atomic E-state index is 2.27. The monoisotopic (exact) mass is 300 g/mol. The zero-order chi connectivity index (χ0) is 16.4. The number of hydrogen-bond donors (Lipinski definition) is 0. The van der Waals surface area contributed by atoms with Crippen LogP contribution in [0.1, 0.15) is 36.5 Å². The van der Waals surface area contributed by atoms with E-state index in [0.29, 0.717) is 5.92 Å². The minimum atomic E-state index is 0.580. The summed E-state index contributed by atoms with van der Waals surface area (Å²) in [7, 11) is 0. The highest BCUT2D eigenvalue weighted by atomic mass is 14.1. The summed E-state index contributed by atoms with van der Waals surface area (Å²) < 4.78 is 0. The van der Waals surface area contributed by atoms with E-state index in [2.05, 4.69) is 94.4 Å². The summed E-state index contributed by atoms with van der Waals surface area (Å²) in [6.07, 6.45) is 0. The summed E-state index contributed by atoms with van der Waals surface area (Å²) in [6.45, 7) is 8.78. The lowest BCUT2D eigenvalue weighted by atomic mass is 9.96. The molecule has 0 heteroatoms. The van der Waals surface area contributed by atoms with Crippen LogP contribution in [0.2, 0.25) is 0 Å². The van der Waals surface area contributed by atoms with Gasteiger partial charge in [-0.3, -0.25) is 0 Å². The Bertz CT molecular complexity index is 790. The molecule has 0 fully saturated rings. The van der Waals surface area contributed by atoms with E-state index in [9.17, 15) is 0 Å². The van der Waals surface area contributed by atoms with Gasteiger partial charge in [-0.05, 0) is 58.7 Å². The fraction of sp³-hybridized carbons (Fsp3) is 0.217. The van der Waals surface area contributed by atoms with Crippen molar-refractivity contribution in [2.45, 2.75) is 33.6 Å². The molecule has 3 aromatic rings. The summed E-state index contributed by atoms with van der Waals surface area (Å²) in [5.74, 6) is 0.580. The van der Waals surface area contributed by atoms with Crippen LogP contribution in [-0.2, 0) is 0 Å². The molecule has 0 aliphatic heterocycles. The van der Waals surface area contributed by atoms with Crippen LogP contribution in [0.4, 0.5) is 0 Å². The summed E-state index contributed by atoms with van der Waals surface area (Å²) in [5, 5.41) is 0. The zero-order valence-electron chi connectivity index (χ0n) is 14.4. The normalized spacial score (nSPS) is 11.0. The lowest BCUT2D eigenvalue weighted by Gasteiger charge is -2.09. The number of aryl methyl sites for hydroxylation is 2. The largest absolute Gasteiger partial charge is 0.0587 e. The van der Waals surface area contributed by atoms with Crippen LogP contribution in [0.3, 0.4) is 0 Å². The molecule has 0 heterocycles. The molecule has 0 radical (unpaired) electrons. The van der Waals surface area contributed by atoms with Gasteiger partial charge in [0, 0.05) is 0 Å². The average Bonchev–Trinajstić information content (AvgIpc) is 2.57. The van der Waals surface area contributed by atoms with E-state index in [1.54, 1.807) is 0 Å². The van der Waals surface area contributed by atoms with Gasteiger partial charge >= 0.3 is 0 Å². The first-order valence-corrected chi connectivity index (χ1v) is 8.32. The van der Waals surface area contributed by atoms with Gasteiger partial charge in [0.05, 0.1) is 0 Å². The first kappa shape index (κ1) is 15.6. The van der Waals surface area contributed by atoms with Gasteiger partial charge in [0.25, 0.3) is 0 Å². The molecule has 0 saturated carbocycles. The maximum Gasteiger partial charge on any atom is -0.0181 e. The van der Waals surface area contributed by atoms with Crippen LogP contribution >= 0.6 is 0 Å². The van der Waals surface area contributed by atoms with E-state index in [-0.39, 0.29) is 0 Å². The van der Waals surface area contributed by atoms with Gasteiger partial charge in [-0.1, -0.05) is 80.6 Å². The standard InChI is InChI=1S/C23H24/c1-16(2)19-7-9-20(10-8-19)21-11-13-22(14-12-21)23-6-5-17(3)18(4)15-23/h5-16H,1-4H3. The molecule has 0 atom stereocenters. The molecule has 0 unspecified atom stereocenters. The van der Waals surface area contributed by atoms with Crippen LogP contribution in [0, 0.1) is 13.8 Å². The molecule has 23 heavy (non-hydrogen) atoms. The van der Waals surface area contributed by atoms with Gasteiger partial charge in [0.1, 0.15) is 0 Å². The second kappa shape index (κ2) is 6.42. The van der Waals surface area contributed by atoms with Crippen molar-refractivity contribution in [2.75, 3.05) is 0 Å². The van der Waals surface area contributed by atoms with Crippen LogP contribution in [-0.4, -0.2) is 0 Å². The van der Waals surface area contributed by atoms with Crippen LogP contribution in [0.15, 0.2) is 66.7 Å². The van der Waals surface area contributed by atoms with Crippen molar-refractivity contribution in [3.63, 3.8) is 0 Å². The second-order valence-electron chi connectivity index (χ2n) is 6.65. The van der Waals surface area contributed by atoms with Crippen molar-refractivity contribution >= 4 is 0 Å². The summed E-state index contributed by atoms with van der Waals surface area (Å²) >= 11 is 0. The highest BCUT2D eigenvalue weighted by Gasteiger charge is 2.03. The molecule has 3 aromatic carbocycles. The van der Waals surface area contributed by atoms with Crippen LogP contribution in [0.25, 0.3) is 22.3 Å². The predicted octanol–water partition coefficient (Wildman–Crippen LogP) is 6.76. The molecular formula is C23H24. The van der Waals surface area contributed by atoms with E-state index >= 15 is 0 Å². The highest BCUT2D eigenvalue weighted by molar-refractivity contribution is 5.71. The Labute approximate surface area is 139 Å². The maximum absolute atomic E-state index is 2.27. The summed E-state index contributed by atoms with van der Waals surface area (Å²) in [4.78, 5) is 0. The topological polar surface area (TPSA) is 0 Å². The van der Waals surface area contributed by atoms with Gasteiger partial charge < -0.3 is 0 Å². The van der Waals surface area contributed by atoms with Gasteiger partial charge in [-0.25, -0.2) is 0 Å². The minimum Gasteiger partial charge on any atom is -0.0587 e. The highest BCUT2D eigenvalue weighted by Crippen LogP contribution is 2.27. The number of benzene rings is 3. The molecule has 0 nitrogen and oxygen atoms in total. The first-order chi connectivity index (χ1) is 11.0. The van der Waals surface area contributed by atoms with Crippen molar-refractivity contribution in [3.8, 4) is 22.3 Å². The molecule has 3 rings (SSSR count). The average molecular weight is 300 g/mol. The van der Waals surface area contributed by atoms with E-state index < -0.39 is 0 Å². The predicted molar refractivity (Wildman–Crippen MR) is 101 cm³/mol. The third kappa shape index (κ3) is 3.37. The van der Waals surface area contributed by atoms with Crippen LogP contribution < -0.4 is 0 Å². The smallest absolute Gasteiger partial charge is 0.0181 e. The third-order valence-corrected chi connectivity index (χ3v) is 4.64. The lowest BCUT2D eigenvalue weighted by molar-refractivity contribution is 0.867. The molecule has 0 amide bonds. The van der Waals surface area contributed by atoms with Crippen molar-refractivity contribution in [1.29, 1.82) is 0 Å². The van der Waals surface area contributed by atoms with E-state index in [1.165, 1.54) is 38.9 Å². The Morgan fingerprint density at radius 2 is 0.957 bits per heavy atom. The van der Waals surface area contributed by atoms with Crippen molar-refractivity contribution in [3.05, 3.63) is 83.4 Å². The van der Waals surface area contributed by atoms with Crippen LogP contribution in [0.5, 0.6) is 0 Å². The van der Waals surface area contributed by atoms with Crippen molar-refractivity contribution in [2.24, 2.45) is 0 Å². The third-order valence-electron chi connectivity index (χ3n) is 4.64. The SMILES string of the molecule is Cc1ccc(-c2ccc(-c3ccc(C(C)C)cc3)cc2)cc1C. The van der Waals surface area contributed by atoms with Gasteiger partial charge in [0.2, 0.25) is 0 Å². The molecule has 0 saturated heterocycles. The molecule has 0 N–H and O–H groups in total. The first-order valence-electron chi connectivity index (χ1n) is 8.32. The summed E-state index contributed by atoms with van der Waals surface area (Å²) in [5.41, 5.74) is 9.19. The van der Waals surface area contributed by atoms with E-state index in [1.807, 2.05) is 0 Å². The van der Waals surface area contributed by atoms with Crippen molar-refractivity contribution < 1.29 is 0 Å². The molecule has 0 aliphatic carbocycles. The molecule has 0 bridgehead atoms. The molecular weight excluding hydrogens is 276 g/mol. The number of rotatable bonds is 3. The molecule has 0 spiro atoms. The fourth-order valence-electron chi connectivity index (χ4n) is 2.84. The van der Waals surface area contributed by atoms with Gasteiger partial charge in [-0.15, -0.1) is 0 Å². The van der Waals surface area contributed by atoms with Gasteiger partial charge in [-0.2, -0.15) is 0 Å². The second-order valence-corrected chi connectivity index (χ2v) is 6.65. The molecule has 116 valence electrons. The zero-order valence-corrected chi connectivity index (χ0v) is 14.4. The Hall–Kier alpha value is -2.34. The quantitative estimate of drug-likeness (QED) is 0.501. The van der Waals surface area contributed by atoms with Crippen molar-refractivity contribution in [1.82, 2.24) is 0 Å². The fourth-order valence-corrected chi connectivity index (χ4v) is 2.84. The Kier molecular flexibility index (Phi) is 4.34.